The van der Waals surface area contributed by atoms with Gasteiger partial charge >= 0.3 is 0 Å². The fraction of sp³-hybridized carbons (Fsp3) is 0.615. The Morgan fingerprint density at radius 3 is 2.67 bits per heavy atom. The molecule has 15 heavy (non-hydrogen) atoms. The van der Waals surface area contributed by atoms with Crippen molar-refractivity contribution >= 4 is 0 Å². The molecule has 0 aliphatic heterocycles. The number of pyridine rings is 1. The predicted molar refractivity (Wildman–Crippen MR) is 62.6 cm³/mol. The van der Waals surface area contributed by atoms with E-state index >= 15 is 0 Å². The highest BCUT2D eigenvalue weighted by Gasteiger charge is 2.36. The van der Waals surface area contributed by atoms with Crippen LogP contribution in [0.2, 0.25) is 0 Å². The Balaban J connectivity index is 2.24. The molecule has 1 aliphatic carbocycles. The standard InChI is InChI=1S/C13H20N2/c1-13(7-3-4-8-13)12(14-2)11-6-5-9-15-10-11/h5-6,9-10,12,14H,3-4,7-8H2,1-2H3. The maximum absolute atomic E-state index is 4.22. The predicted octanol–water partition coefficient (Wildman–Crippen LogP) is 2.92. The summed E-state index contributed by atoms with van der Waals surface area (Å²) in [5.41, 5.74) is 1.74. The number of hydrogen-bond acceptors (Lipinski definition) is 2. The summed E-state index contributed by atoms with van der Waals surface area (Å²) >= 11 is 0. The van der Waals surface area contributed by atoms with Crippen LogP contribution in [0.4, 0.5) is 0 Å². The maximum Gasteiger partial charge on any atom is 0.0387 e. The van der Waals surface area contributed by atoms with Gasteiger partial charge in [0.25, 0.3) is 0 Å². The normalized spacial score (nSPS) is 21.5. The molecule has 1 fully saturated rings. The summed E-state index contributed by atoms with van der Waals surface area (Å²) in [6.07, 6.45) is 9.22. The average molecular weight is 204 g/mol. The molecule has 0 saturated heterocycles. The van der Waals surface area contributed by atoms with Crippen LogP contribution in [0.15, 0.2) is 24.5 Å². The van der Waals surface area contributed by atoms with Crippen LogP contribution in [0, 0.1) is 5.41 Å². The highest BCUT2D eigenvalue weighted by Crippen LogP contribution is 2.46. The largest absolute Gasteiger partial charge is 0.312 e. The van der Waals surface area contributed by atoms with Gasteiger partial charge in [0, 0.05) is 18.4 Å². The lowest BCUT2D eigenvalue weighted by Crippen LogP contribution is -2.32. The van der Waals surface area contributed by atoms with Crippen LogP contribution in [-0.2, 0) is 0 Å². The molecule has 2 heteroatoms. The van der Waals surface area contributed by atoms with Crippen LogP contribution in [0.5, 0.6) is 0 Å². The van der Waals surface area contributed by atoms with Gasteiger partial charge in [-0.1, -0.05) is 25.8 Å². The molecule has 2 rings (SSSR count). The van der Waals surface area contributed by atoms with Crippen molar-refractivity contribution in [2.75, 3.05) is 7.05 Å². The summed E-state index contributed by atoms with van der Waals surface area (Å²) in [6.45, 7) is 2.40. The van der Waals surface area contributed by atoms with E-state index in [9.17, 15) is 0 Å². The second-order valence-corrected chi connectivity index (χ2v) is 4.87. The third kappa shape index (κ3) is 2.05. The fourth-order valence-corrected chi connectivity index (χ4v) is 2.94. The molecule has 1 saturated carbocycles. The number of nitrogens with one attached hydrogen (secondary N) is 1. The molecule has 2 nitrogen and oxygen atoms in total. The van der Waals surface area contributed by atoms with E-state index in [2.05, 4.69) is 30.3 Å². The Morgan fingerprint density at radius 1 is 1.40 bits per heavy atom. The van der Waals surface area contributed by atoms with Crippen molar-refractivity contribution in [2.45, 2.75) is 38.6 Å². The lowest BCUT2D eigenvalue weighted by molar-refractivity contribution is 0.233. The molecule has 1 aliphatic rings. The zero-order valence-corrected chi connectivity index (χ0v) is 9.66. The van der Waals surface area contributed by atoms with Crippen LogP contribution < -0.4 is 5.32 Å². The number of nitrogens with zero attached hydrogens (tertiary/aromatic N) is 1. The van der Waals surface area contributed by atoms with Gasteiger partial charge in [-0.15, -0.1) is 0 Å². The van der Waals surface area contributed by atoms with Crippen molar-refractivity contribution in [3.63, 3.8) is 0 Å². The van der Waals surface area contributed by atoms with Crippen molar-refractivity contribution < 1.29 is 0 Å². The van der Waals surface area contributed by atoms with Crippen molar-refractivity contribution in [1.29, 1.82) is 0 Å². The van der Waals surface area contributed by atoms with Crippen molar-refractivity contribution in [3.05, 3.63) is 30.1 Å². The topological polar surface area (TPSA) is 24.9 Å². The lowest BCUT2D eigenvalue weighted by atomic mass is 9.78. The zero-order valence-electron chi connectivity index (χ0n) is 9.66. The van der Waals surface area contributed by atoms with Gasteiger partial charge in [0.15, 0.2) is 0 Å². The highest BCUT2D eigenvalue weighted by molar-refractivity contribution is 5.17. The minimum Gasteiger partial charge on any atom is -0.312 e. The second-order valence-electron chi connectivity index (χ2n) is 4.87. The van der Waals surface area contributed by atoms with Crippen LogP contribution >= 0.6 is 0 Å². The lowest BCUT2D eigenvalue weighted by Gasteiger charge is -2.34. The van der Waals surface area contributed by atoms with E-state index in [0.717, 1.165) is 0 Å². The Kier molecular flexibility index (Phi) is 3.06. The van der Waals surface area contributed by atoms with E-state index in [1.807, 2.05) is 18.5 Å². The Labute approximate surface area is 92.1 Å². The monoisotopic (exact) mass is 204 g/mol. The summed E-state index contributed by atoms with van der Waals surface area (Å²) in [6, 6.07) is 4.66. The van der Waals surface area contributed by atoms with E-state index in [4.69, 9.17) is 0 Å². The van der Waals surface area contributed by atoms with Crippen molar-refractivity contribution in [3.8, 4) is 0 Å². The third-order valence-corrected chi connectivity index (χ3v) is 3.75. The molecule has 1 atom stereocenters. The van der Waals surface area contributed by atoms with Gasteiger partial charge < -0.3 is 5.32 Å². The van der Waals surface area contributed by atoms with E-state index in [-0.39, 0.29) is 0 Å². The van der Waals surface area contributed by atoms with Gasteiger partial charge in [0.2, 0.25) is 0 Å². The van der Waals surface area contributed by atoms with E-state index in [1.165, 1.54) is 31.2 Å². The summed E-state index contributed by atoms with van der Waals surface area (Å²) in [7, 11) is 2.06. The fourth-order valence-electron chi connectivity index (χ4n) is 2.94. The summed E-state index contributed by atoms with van der Waals surface area (Å²) in [4.78, 5) is 4.22. The first-order valence-corrected chi connectivity index (χ1v) is 5.83. The molecular formula is C13H20N2. The Bertz CT molecular complexity index is 302. The highest BCUT2D eigenvalue weighted by atomic mass is 14.9. The molecule has 1 N–H and O–H groups in total. The minimum atomic E-state index is 0.414. The molecule has 0 aromatic carbocycles. The van der Waals surface area contributed by atoms with E-state index in [0.29, 0.717) is 11.5 Å². The molecular weight excluding hydrogens is 184 g/mol. The molecule has 0 spiro atoms. The van der Waals surface area contributed by atoms with Crippen molar-refractivity contribution in [2.24, 2.45) is 5.41 Å². The SMILES string of the molecule is CNC(c1cccnc1)C1(C)CCCC1. The molecule has 1 heterocycles. The van der Waals surface area contributed by atoms with Crippen molar-refractivity contribution in [1.82, 2.24) is 10.3 Å². The summed E-state index contributed by atoms with van der Waals surface area (Å²) < 4.78 is 0. The first-order chi connectivity index (χ1) is 7.26. The van der Waals surface area contributed by atoms with Gasteiger partial charge in [0.05, 0.1) is 0 Å². The molecule has 82 valence electrons. The van der Waals surface area contributed by atoms with Gasteiger partial charge in [-0.2, -0.15) is 0 Å². The van der Waals surface area contributed by atoms with E-state index in [1.54, 1.807) is 0 Å². The molecule has 1 unspecified atom stereocenters. The first kappa shape index (κ1) is 10.6. The van der Waals surface area contributed by atoms with Crippen LogP contribution in [0.3, 0.4) is 0 Å². The first-order valence-electron chi connectivity index (χ1n) is 5.83. The molecule has 1 aromatic heterocycles. The summed E-state index contributed by atoms with van der Waals surface area (Å²) in [5, 5.41) is 3.46. The van der Waals surface area contributed by atoms with Crippen LogP contribution in [-0.4, -0.2) is 12.0 Å². The smallest absolute Gasteiger partial charge is 0.0387 e. The maximum atomic E-state index is 4.22. The molecule has 0 amide bonds. The van der Waals surface area contributed by atoms with Crippen LogP contribution in [0.25, 0.3) is 0 Å². The molecule has 1 aromatic rings. The third-order valence-electron chi connectivity index (χ3n) is 3.75. The Hall–Kier alpha value is -0.890. The van der Waals surface area contributed by atoms with Gasteiger partial charge in [-0.05, 0) is 36.9 Å². The quantitative estimate of drug-likeness (QED) is 0.819. The molecule has 0 bridgehead atoms. The van der Waals surface area contributed by atoms with Gasteiger partial charge in [-0.25, -0.2) is 0 Å². The number of hydrogen-bond donors (Lipinski definition) is 1. The zero-order chi connectivity index (χ0) is 10.7. The average Bonchev–Trinajstić information content (AvgIpc) is 2.68. The minimum absolute atomic E-state index is 0.414. The van der Waals surface area contributed by atoms with Gasteiger partial charge in [0.1, 0.15) is 0 Å². The van der Waals surface area contributed by atoms with Gasteiger partial charge in [-0.3, -0.25) is 4.98 Å². The Morgan fingerprint density at radius 2 is 2.13 bits per heavy atom. The number of aromatic nitrogens is 1. The summed E-state index contributed by atoms with van der Waals surface area (Å²) in [5.74, 6) is 0. The van der Waals surface area contributed by atoms with Crippen LogP contribution in [0.1, 0.15) is 44.2 Å². The molecule has 0 radical (unpaired) electrons. The second kappa shape index (κ2) is 4.31. The van der Waals surface area contributed by atoms with E-state index < -0.39 is 0 Å². The number of rotatable bonds is 3.